The zero-order valence-corrected chi connectivity index (χ0v) is 13.9. The Kier molecular flexibility index (Phi) is 4.66. The van der Waals surface area contributed by atoms with Crippen molar-refractivity contribution in [3.8, 4) is 11.5 Å². The van der Waals surface area contributed by atoms with Gasteiger partial charge in [0.05, 0.1) is 5.56 Å². The average Bonchev–Trinajstić information content (AvgIpc) is 2.61. The number of hydrogen-bond acceptors (Lipinski definition) is 4. The third-order valence-electron chi connectivity index (χ3n) is 3.27. The molecule has 0 radical (unpaired) electrons. The lowest BCUT2D eigenvalue weighted by atomic mass is 10.2. The molecule has 1 heterocycles. The molecule has 0 spiro atoms. The van der Waals surface area contributed by atoms with E-state index in [1.165, 1.54) is 24.3 Å². The van der Waals surface area contributed by atoms with Crippen LogP contribution in [0.1, 0.15) is 20.7 Å². The Bertz CT molecular complexity index is 813. The molecule has 0 unspecified atom stereocenters. The van der Waals surface area contributed by atoms with E-state index in [4.69, 9.17) is 9.47 Å². The third-order valence-corrected chi connectivity index (χ3v) is 3.76. The molecule has 6 nitrogen and oxygen atoms in total. The first-order valence-corrected chi connectivity index (χ1v) is 7.79. The maximum Gasteiger partial charge on any atom is 0.272 e. The van der Waals surface area contributed by atoms with Crippen LogP contribution in [0.4, 0.5) is 4.39 Å². The molecule has 24 heavy (non-hydrogen) atoms. The second-order valence-corrected chi connectivity index (χ2v) is 5.81. The fourth-order valence-corrected chi connectivity index (χ4v) is 2.47. The van der Waals surface area contributed by atoms with Gasteiger partial charge in [0.1, 0.15) is 19.0 Å². The number of hydrazine groups is 1. The van der Waals surface area contributed by atoms with E-state index in [0.717, 1.165) is 6.07 Å². The van der Waals surface area contributed by atoms with Crippen LogP contribution in [0.25, 0.3) is 0 Å². The highest BCUT2D eigenvalue weighted by Gasteiger charge is 2.17. The van der Waals surface area contributed by atoms with Gasteiger partial charge < -0.3 is 9.47 Å². The van der Waals surface area contributed by atoms with Gasteiger partial charge in [0.15, 0.2) is 11.5 Å². The zero-order chi connectivity index (χ0) is 17.1. The first-order chi connectivity index (χ1) is 11.5. The number of hydrogen-bond donors (Lipinski definition) is 2. The van der Waals surface area contributed by atoms with Crippen LogP contribution in [0.15, 0.2) is 40.9 Å². The van der Waals surface area contributed by atoms with Crippen molar-refractivity contribution in [2.24, 2.45) is 0 Å². The Morgan fingerprint density at radius 1 is 0.958 bits per heavy atom. The standard InChI is InChI=1S/C16H12BrFN2O4/c17-10-2-3-12(18)11(8-10)16(22)20-19-15(21)9-1-4-13-14(7-9)24-6-5-23-13/h1-4,7-8H,5-6H2,(H,19,21)(H,20,22). The molecule has 2 aromatic carbocycles. The molecule has 0 saturated heterocycles. The van der Waals surface area contributed by atoms with Crippen LogP contribution in [0.3, 0.4) is 0 Å². The number of halogens is 2. The van der Waals surface area contributed by atoms with Gasteiger partial charge in [0.25, 0.3) is 11.8 Å². The summed E-state index contributed by atoms with van der Waals surface area (Å²) in [5, 5.41) is 0. The molecule has 0 fully saturated rings. The highest BCUT2D eigenvalue weighted by atomic mass is 79.9. The Hall–Kier alpha value is -2.61. The minimum Gasteiger partial charge on any atom is -0.486 e. The van der Waals surface area contributed by atoms with Gasteiger partial charge in [-0.1, -0.05) is 15.9 Å². The fraction of sp³-hybridized carbons (Fsp3) is 0.125. The summed E-state index contributed by atoms with van der Waals surface area (Å²) in [4.78, 5) is 24.0. The van der Waals surface area contributed by atoms with Gasteiger partial charge in [-0.15, -0.1) is 0 Å². The van der Waals surface area contributed by atoms with Crippen molar-refractivity contribution in [2.45, 2.75) is 0 Å². The molecule has 0 aliphatic carbocycles. The molecule has 8 heteroatoms. The zero-order valence-electron chi connectivity index (χ0n) is 12.3. The lowest BCUT2D eigenvalue weighted by Crippen LogP contribution is -2.42. The van der Waals surface area contributed by atoms with E-state index >= 15 is 0 Å². The summed E-state index contributed by atoms with van der Waals surface area (Å²) >= 11 is 3.16. The Labute approximate surface area is 145 Å². The molecule has 0 bridgehead atoms. The number of rotatable bonds is 2. The van der Waals surface area contributed by atoms with E-state index in [-0.39, 0.29) is 11.1 Å². The number of benzene rings is 2. The van der Waals surface area contributed by atoms with Crippen molar-refractivity contribution >= 4 is 27.7 Å². The van der Waals surface area contributed by atoms with Gasteiger partial charge in [-0.3, -0.25) is 20.4 Å². The Balaban J connectivity index is 1.67. The van der Waals surface area contributed by atoms with Crippen LogP contribution < -0.4 is 20.3 Å². The van der Waals surface area contributed by atoms with Crippen molar-refractivity contribution in [3.63, 3.8) is 0 Å². The molecule has 2 aromatic rings. The number of carbonyl (C=O) groups is 2. The molecule has 0 atom stereocenters. The number of ether oxygens (including phenoxy) is 2. The smallest absolute Gasteiger partial charge is 0.272 e. The highest BCUT2D eigenvalue weighted by Crippen LogP contribution is 2.30. The maximum atomic E-state index is 13.6. The highest BCUT2D eigenvalue weighted by molar-refractivity contribution is 9.10. The second-order valence-electron chi connectivity index (χ2n) is 4.89. The maximum absolute atomic E-state index is 13.6. The van der Waals surface area contributed by atoms with Crippen LogP contribution in [-0.2, 0) is 0 Å². The van der Waals surface area contributed by atoms with E-state index in [1.807, 2.05) is 0 Å². The van der Waals surface area contributed by atoms with Gasteiger partial charge in [-0.2, -0.15) is 0 Å². The molecule has 1 aliphatic heterocycles. The van der Waals surface area contributed by atoms with E-state index in [1.54, 1.807) is 6.07 Å². The molecular weight excluding hydrogens is 383 g/mol. The molecular formula is C16H12BrFN2O4. The van der Waals surface area contributed by atoms with Crippen molar-refractivity contribution in [2.75, 3.05) is 13.2 Å². The van der Waals surface area contributed by atoms with Crippen LogP contribution in [0, 0.1) is 5.82 Å². The van der Waals surface area contributed by atoms with Crippen molar-refractivity contribution in [1.29, 1.82) is 0 Å². The molecule has 1 aliphatic rings. The topological polar surface area (TPSA) is 76.7 Å². The van der Waals surface area contributed by atoms with Gasteiger partial charge in [0, 0.05) is 10.0 Å². The summed E-state index contributed by atoms with van der Waals surface area (Å²) in [6.45, 7) is 0.851. The summed E-state index contributed by atoms with van der Waals surface area (Å²) in [6, 6.07) is 8.60. The summed E-state index contributed by atoms with van der Waals surface area (Å²) in [5.41, 5.74) is 4.49. The Morgan fingerprint density at radius 2 is 1.67 bits per heavy atom. The van der Waals surface area contributed by atoms with E-state index < -0.39 is 17.6 Å². The monoisotopic (exact) mass is 394 g/mol. The summed E-state index contributed by atoms with van der Waals surface area (Å²) in [7, 11) is 0. The predicted octanol–water partition coefficient (Wildman–Crippen LogP) is 2.43. The van der Waals surface area contributed by atoms with Crippen LogP contribution in [0.2, 0.25) is 0 Å². The van der Waals surface area contributed by atoms with Crippen molar-refractivity contribution < 1.29 is 23.5 Å². The fourth-order valence-electron chi connectivity index (χ4n) is 2.11. The largest absolute Gasteiger partial charge is 0.486 e. The van der Waals surface area contributed by atoms with Gasteiger partial charge in [0.2, 0.25) is 0 Å². The lowest BCUT2D eigenvalue weighted by molar-refractivity contribution is 0.0843. The quantitative estimate of drug-likeness (QED) is 0.766. The number of fused-ring (bicyclic) bond motifs is 1. The van der Waals surface area contributed by atoms with Gasteiger partial charge in [-0.05, 0) is 36.4 Å². The van der Waals surface area contributed by atoms with E-state index in [0.29, 0.717) is 29.2 Å². The first kappa shape index (κ1) is 16.3. The first-order valence-electron chi connectivity index (χ1n) is 7.00. The second kappa shape index (κ2) is 6.88. The molecule has 0 aromatic heterocycles. The predicted molar refractivity (Wildman–Crippen MR) is 86.5 cm³/mol. The van der Waals surface area contributed by atoms with Gasteiger partial charge >= 0.3 is 0 Å². The molecule has 3 rings (SSSR count). The van der Waals surface area contributed by atoms with Crippen LogP contribution >= 0.6 is 15.9 Å². The molecule has 0 saturated carbocycles. The SMILES string of the molecule is O=C(NNC(=O)c1cc(Br)ccc1F)c1ccc2c(c1)OCCO2. The van der Waals surface area contributed by atoms with Crippen LogP contribution in [-0.4, -0.2) is 25.0 Å². The lowest BCUT2D eigenvalue weighted by Gasteiger charge is -2.18. The summed E-state index contributed by atoms with van der Waals surface area (Å²) < 4.78 is 24.9. The Morgan fingerprint density at radius 3 is 2.46 bits per heavy atom. The number of amides is 2. The summed E-state index contributed by atoms with van der Waals surface area (Å²) in [5.74, 6) is -1.00. The minimum absolute atomic E-state index is 0.188. The molecule has 124 valence electrons. The molecule has 2 N–H and O–H groups in total. The summed E-state index contributed by atoms with van der Waals surface area (Å²) in [6.07, 6.45) is 0. The van der Waals surface area contributed by atoms with E-state index in [2.05, 4.69) is 26.8 Å². The third kappa shape index (κ3) is 3.48. The van der Waals surface area contributed by atoms with Crippen molar-refractivity contribution in [3.05, 3.63) is 57.8 Å². The molecule has 2 amide bonds. The number of nitrogens with one attached hydrogen (secondary N) is 2. The normalized spacial score (nSPS) is 12.4. The van der Waals surface area contributed by atoms with Gasteiger partial charge in [-0.25, -0.2) is 4.39 Å². The van der Waals surface area contributed by atoms with Crippen molar-refractivity contribution in [1.82, 2.24) is 10.9 Å². The van der Waals surface area contributed by atoms with Crippen LogP contribution in [0.5, 0.6) is 11.5 Å². The number of carbonyl (C=O) groups excluding carboxylic acids is 2. The minimum atomic E-state index is -0.764. The van der Waals surface area contributed by atoms with E-state index in [9.17, 15) is 14.0 Å². The average molecular weight is 395 g/mol.